The summed E-state index contributed by atoms with van der Waals surface area (Å²) in [5, 5.41) is 22.0. The molecule has 0 amide bonds. The first-order chi connectivity index (χ1) is 9.65. The summed E-state index contributed by atoms with van der Waals surface area (Å²) in [6, 6.07) is 10.5. The van der Waals surface area contributed by atoms with Crippen LogP contribution in [0.3, 0.4) is 0 Å². The Morgan fingerprint density at radius 2 is 2.25 bits per heavy atom. The van der Waals surface area contributed by atoms with Gasteiger partial charge in [-0.15, -0.1) is 11.3 Å². The zero-order valence-electron chi connectivity index (χ0n) is 10.9. The lowest BCUT2D eigenvalue weighted by Crippen LogP contribution is -2.22. The molecule has 102 valence electrons. The molecule has 0 spiro atoms. The van der Waals surface area contributed by atoms with Crippen molar-refractivity contribution in [2.75, 3.05) is 11.4 Å². The van der Waals surface area contributed by atoms with E-state index in [-0.39, 0.29) is 5.69 Å². The minimum Gasteiger partial charge on any atom is -0.361 e. The van der Waals surface area contributed by atoms with E-state index in [9.17, 15) is 10.1 Å². The summed E-state index contributed by atoms with van der Waals surface area (Å²) in [7, 11) is 0. The van der Waals surface area contributed by atoms with Gasteiger partial charge in [-0.1, -0.05) is 6.07 Å². The van der Waals surface area contributed by atoms with E-state index in [1.165, 1.54) is 6.07 Å². The van der Waals surface area contributed by atoms with Gasteiger partial charge in [0.1, 0.15) is 5.69 Å². The lowest BCUT2D eigenvalue weighted by atomic mass is 10.1. The fourth-order valence-electron chi connectivity index (χ4n) is 1.96. The Morgan fingerprint density at radius 3 is 2.80 bits per heavy atom. The molecule has 1 aromatic carbocycles. The Labute approximate surface area is 120 Å². The summed E-state index contributed by atoms with van der Waals surface area (Å²) in [6.45, 7) is 3.24. The normalized spacial score (nSPS) is 10.0. The van der Waals surface area contributed by atoms with Crippen molar-refractivity contribution in [3.05, 3.63) is 56.3 Å². The van der Waals surface area contributed by atoms with Gasteiger partial charge >= 0.3 is 0 Å². The minimum absolute atomic E-state index is 0.0255. The average molecular weight is 287 g/mol. The lowest BCUT2D eigenvalue weighted by Gasteiger charge is -2.22. The molecule has 0 aliphatic carbocycles. The first-order valence-corrected chi connectivity index (χ1v) is 6.99. The molecular formula is C14H13N3O2S. The highest BCUT2D eigenvalue weighted by molar-refractivity contribution is 7.09. The molecule has 1 heterocycles. The van der Waals surface area contributed by atoms with Crippen LogP contribution in [0.1, 0.15) is 17.4 Å². The third kappa shape index (κ3) is 2.95. The predicted octanol–water partition coefficient (Wildman–Crippen LogP) is 3.55. The topological polar surface area (TPSA) is 70.2 Å². The molecule has 0 radical (unpaired) electrons. The van der Waals surface area contributed by atoms with E-state index < -0.39 is 4.92 Å². The van der Waals surface area contributed by atoms with Gasteiger partial charge in [0.2, 0.25) is 0 Å². The van der Waals surface area contributed by atoms with E-state index in [0.29, 0.717) is 24.3 Å². The minimum atomic E-state index is -0.437. The first kappa shape index (κ1) is 14.0. The molecule has 20 heavy (non-hydrogen) atoms. The van der Waals surface area contributed by atoms with Crippen LogP contribution < -0.4 is 4.90 Å². The van der Waals surface area contributed by atoms with Crippen molar-refractivity contribution < 1.29 is 4.92 Å². The van der Waals surface area contributed by atoms with E-state index in [2.05, 4.69) is 0 Å². The van der Waals surface area contributed by atoms with Crippen LogP contribution in [0.25, 0.3) is 0 Å². The summed E-state index contributed by atoms with van der Waals surface area (Å²) in [5.41, 5.74) is 0.819. The number of anilines is 1. The Morgan fingerprint density at radius 1 is 1.45 bits per heavy atom. The molecule has 0 unspecified atom stereocenters. The second-order valence-corrected chi connectivity index (χ2v) is 5.20. The summed E-state index contributed by atoms with van der Waals surface area (Å²) >= 11 is 1.62. The molecule has 0 N–H and O–H groups in total. The Balaban J connectivity index is 2.38. The summed E-state index contributed by atoms with van der Waals surface area (Å²) in [6.07, 6.45) is 0. The smallest absolute Gasteiger partial charge is 0.293 e. The van der Waals surface area contributed by atoms with Gasteiger partial charge < -0.3 is 4.90 Å². The van der Waals surface area contributed by atoms with Crippen LogP contribution in [0.4, 0.5) is 11.4 Å². The van der Waals surface area contributed by atoms with Crippen molar-refractivity contribution >= 4 is 22.7 Å². The molecule has 0 fully saturated rings. The second kappa shape index (κ2) is 6.17. The van der Waals surface area contributed by atoms with E-state index in [4.69, 9.17) is 5.26 Å². The molecule has 0 saturated heterocycles. The average Bonchev–Trinajstić information content (AvgIpc) is 2.97. The van der Waals surface area contributed by atoms with Gasteiger partial charge in [0.25, 0.3) is 5.69 Å². The van der Waals surface area contributed by atoms with Gasteiger partial charge in [-0.05, 0) is 30.5 Å². The maximum absolute atomic E-state index is 11.2. The predicted molar refractivity (Wildman–Crippen MR) is 78.9 cm³/mol. The molecule has 6 heteroatoms. The third-order valence-corrected chi connectivity index (χ3v) is 3.81. The summed E-state index contributed by atoms with van der Waals surface area (Å²) < 4.78 is 0. The number of thiophene rings is 1. The largest absolute Gasteiger partial charge is 0.361 e. The number of rotatable bonds is 5. The molecule has 0 aliphatic rings. The highest BCUT2D eigenvalue weighted by atomic mass is 32.1. The molecule has 0 atom stereocenters. The molecule has 0 bridgehead atoms. The van der Waals surface area contributed by atoms with Crippen LogP contribution in [0.2, 0.25) is 0 Å². The third-order valence-electron chi connectivity index (χ3n) is 2.95. The summed E-state index contributed by atoms with van der Waals surface area (Å²) in [5.74, 6) is 0. The van der Waals surface area contributed by atoms with Gasteiger partial charge in [0, 0.05) is 17.5 Å². The number of nitrogens with zero attached hydrogens (tertiary/aromatic N) is 3. The van der Waals surface area contributed by atoms with Crippen molar-refractivity contribution in [3.8, 4) is 6.07 Å². The summed E-state index contributed by atoms with van der Waals surface area (Å²) in [4.78, 5) is 13.8. The van der Waals surface area contributed by atoms with E-state index in [1.54, 1.807) is 23.5 Å². The number of benzene rings is 1. The molecule has 1 aromatic heterocycles. The van der Waals surface area contributed by atoms with Crippen LogP contribution in [-0.2, 0) is 6.54 Å². The van der Waals surface area contributed by atoms with Crippen molar-refractivity contribution in [2.45, 2.75) is 13.5 Å². The van der Waals surface area contributed by atoms with Gasteiger partial charge in [0.15, 0.2) is 0 Å². The second-order valence-electron chi connectivity index (χ2n) is 4.17. The van der Waals surface area contributed by atoms with Gasteiger partial charge in [-0.25, -0.2) is 0 Å². The zero-order chi connectivity index (χ0) is 14.5. The van der Waals surface area contributed by atoms with Crippen molar-refractivity contribution in [3.63, 3.8) is 0 Å². The molecular weight excluding hydrogens is 274 g/mol. The maximum Gasteiger partial charge on any atom is 0.293 e. The van der Waals surface area contributed by atoms with Crippen LogP contribution in [0.15, 0.2) is 35.7 Å². The van der Waals surface area contributed by atoms with Gasteiger partial charge in [0.05, 0.1) is 23.1 Å². The lowest BCUT2D eigenvalue weighted by molar-refractivity contribution is -0.384. The SMILES string of the molecule is CCN(Cc1cccs1)c1ccc(C#N)cc1[N+](=O)[O-]. The van der Waals surface area contributed by atoms with Gasteiger partial charge in [-0.2, -0.15) is 5.26 Å². The van der Waals surface area contributed by atoms with Crippen molar-refractivity contribution in [1.82, 2.24) is 0 Å². The Kier molecular flexibility index (Phi) is 4.33. The number of nitro groups is 1. The van der Waals surface area contributed by atoms with E-state index in [0.717, 1.165) is 4.88 Å². The fraction of sp³-hybridized carbons (Fsp3) is 0.214. The standard InChI is InChI=1S/C14H13N3O2S/c1-2-16(10-12-4-3-7-20-12)13-6-5-11(9-15)8-14(13)17(18)19/h3-8H,2,10H2,1H3. The van der Waals surface area contributed by atoms with Crippen LogP contribution >= 0.6 is 11.3 Å². The molecule has 2 rings (SSSR count). The molecule has 0 saturated carbocycles. The zero-order valence-corrected chi connectivity index (χ0v) is 11.8. The Hall–Kier alpha value is -2.39. The highest BCUT2D eigenvalue weighted by Gasteiger charge is 2.19. The van der Waals surface area contributed by atoms with Gasteiger partial charge in [-0.3, -0.25) is 10.1 Å². The van der Waals surface area contributed by atoms with Crippen LogP contribution in [-0.4, -0.2) is 11.5 Å². The quantitative estimate of drug-likeness (QED) is 0.622. The van der Waals surface area contributed by atoms with E-state index in [1.807, 2.05) is 35.4 Å². The van der Waals surface area contributed by atoms with E-state index >= 15 is 0 Å². The molecule has 2 aromatic rings. The van der Waals surface area contributed by atoms with Crippen LogP contribution in [0, 0.1) is 21.4 Å². The number of hydrogen-bond donors (Lipinski definition) is 0. The number of nitriles is 1. The van der Waals surface area contributed by atoms with Crippen molar-refractivity contribution in [2.24, 2.45) is 0 Å². The van der Waals surface area contributed by atoms with Crippen molar-refractivity contribution in [1.29, 1.82) is 5.26 Å². The number of nitro benzene ring substituents is 1. The maximum atomic E-state index is 11.2. The monoisotopic (exact) mass is 287 g/mol. The van der Waals surface area contributed by atoms with Crippen LogP contribution in [0.5, 0.6) is 0 Å². The fourth-order valence-corrected chi connectivity index (χ4v) is 2.68. The number of hydrogen-bond acceptors (Lipinski definition) is 5. The first-order valence-electron chi connectivity index (χ1n) is 6.11. The highest BCUT2D eigenvalue weighted by Crippen LogP contribution is 2.30. The molecule has 0 aliphatic heterocycles. The molecule has 5 nitrogen and oxygen atoms in total. The Bertz CT molecular complexity index is 647.